The Morgan fingerprint density at radius 2 is 2.13 bits per heavy atom. The molecule has 2 atom stereocenters. The quantitative estimate of drug-likeness (QED) is 0.768. The third-order valence-corrected chi connectivity index (χ3v) is 3.36. The summed E-state index contributed by atoms with van der Waals surface area (Å²) in [6.45, 7) is 11.6. The maximum Gasteiger partial charge on any atom is 0.217 e. The molecule has 15 heavy (non-hydrogen) atoms. The number of amides is 1. The van der Waals surface area contributed by atoms with Crippen LogP contribution < -0.4 is 5.32 Å². The van der Waals surface area contributed by atoms with Gasteiger partial charge >= 0.3 is 0 Å². The summed E-state index contributed by atoms with van der Waals surface area (Å²) < 4.78 is 0. The Morgan fingerprint density at radius 1 is 1.47 bits per heavy atom. The van der Waals surface area contributed by atoms with Crippen LogP contribution in [0, 0.1) is 11.8 Å². The summed E-state index contributed by atoms with van der Waals surface area (Å²) in [5.41, 5.74) is 0. The van der Waals surface area contributed by atoms with Gasteiger partial charge in [-0.2, -0.15) is 0 Å². The lowest BCUT2D eigenvalue weighted by Crippen LogP contribution is -2.51. The highest BCUT2D eigenvalue weighted by molar-refractivity contribution is 5.73. The minimum Gasteiger partial charge on any atom is -0.352 e. The summed E-state index contributed by atoms with van der Waals surface area (Å²) in [5.74, 6) is 1.52. The van der Waals surface area contributed by atoms with Crippen LogP contribution in [0.15, 0.2) is 0 Å². The SMILES string of the molecule is CCN1CC(NC(C)=O)CC(C(C)C)C1. The minimum atomic E-state index is 0.0976. The van der Waals surface area contributed by atoms with Gasteiger partial charge < -0.3 is 10.2 Å². The second-order valence-corrected chi connectivity index (χ2v) is 4.99. The van der Waals surface area contributed by atoms with E-state index in [1.165, 1.54) is 6.54 Å². The number of carbonyl (C=O) groups excluding carboxylic acids is 1. The minimum absolute atomic E-state index is 0.0976. The van der Waals surface area contributed by atoms with Crippen molar-refractivity contribution >= 4 is 5.91 Å². The Hall–Kier alpha value is -0.570. The Labute approximate surface area is 93.2 Å². The van der Waals surface area contributed by atoms with E-state index in [1.54, 1.807) is 6.92 Å². The van der Waals surface area contributed by atoms with E-state index in [4.69, 9.17) is 0 Å². The second kappa shape index (κ2) is 5.50. The Kier molecular flexibility index (Phi) is 4.58. The number of hydrogen-bond acceptors (Lipinski definition) is 2. The molecular formula is C12H24N2O. The highest BCUT2D eigenvalue weighted by Crippen LogP contribution is 2.23. The van der Waals surface area contributed by atoms with Crippen molar-refractivity contribution in [2.24, 2.45) is 11.8 Å². The van der Waals surface area contributed by atoms with Gasteiger partial charge in [0.25, 0.3) is 0 Å². The normalized spacial score (nSPS) is 28.1. The lowest BCUT2D eigenvalue weighted by atomic mass is 9.85. The molecule has 0 aliphatic carbocycles. The van der Waals surface area contributed by atoms with Crippen molar-refractivity contribution in [2.75, 3.05) is 19.6 Å². The van der Waals surface area contributed by atoms with Gasteiger partial charge in [-0.3, -0.25) is 4.79 Å². The third kappa shape index (κ3) is 3.82. The molecule has 1 saturated heterocycles. The largest absolute Gasteiger partial charge is 0.352 e. The number of carbonyl (C=O) groups is 1. The molecule has 0 saturated carbocycles. The first-order valence-electron chi connectivity index (χ1n) is 6.02. The molecule has 1 fully saturated rings. The fourth-order valence-corrected chi connectivity index (χ4v) is 2.37. The maximum absolute atomic E-state index is 11.1. The predicted molar refractivity (Wildman–Crippen MR) is 62.7 cm³/mol. The van der Waals surface area contributed by atoms with Crippen LogP contribution in [0.3, 0.4) is 0 Å². The lowest BCUT2D eigenvalue weighted by Gasteiger charge is -2.39. The number of nitrogens with one attached hydrogen (secondary N) is 1. The molecule has 3 heteroatoms. The van der Waals surface area contributed by atoms with Gasteiger partial charge in [0.05, 0.1) is 0 Å². The van der Waals surface area contributed by atoms with Gasteiger partial charge in [-0.15, -0.1) is 0 Å². The van der Waals surface area contributed by atoms with Crippen LogP contribution in [-0.2, 0) is 4.79 Å². The van der Waals surface area contributed by atoms with Crippen LogP contribution in [0.2, 0.25) is 0 Å². The molecule has 88 valence electrons. The monoisotopic (exact) mass is 212 g/mol. The van der Waals surface area contributed by atoms with E-state index >= 15 is 0 Å². The zero-order valence-electron chi connectivity index (χ0n) is 10.4. The summed E-state index contributed by atoms with van der Waals surface area (Å²) in [6.07, 6.45) is 1.13. The van der Waals surface area contributed by atoms with Crippen LogP contribution in [0.25, 0.3) is 0 Å². The number of hydrogen-bond donors (Lipinski definition) is 1. The highest BCUT2D eigenvalue weighted by atomic mass is 16.1. The molecule has 1 amide bonds. The average Bonchev–Trinajstić information content (AvgIpc) is 2.16. The van der Waals surface area contributed by atoms with Crippen LogP contribution in [0.4, 0.5) is 0 Å². The fraction of sp³-hybridized carbons (Fsp3) is 0.917. The number of likely N-dealkylation sites (N-methyl/N-ethyl adjacent to an activating group) is 1. The van der Waals surface area contributed by atoms with Crippen molar-refractivity contribution in [3.05, 3.63) is 0 Å². The van der Waals surface area contributed by atoms with Crippen molar-refractivity contribution < 1.29 is 4.79 Å². The first-order valence-corrected chi connectivity index (χ1v) is 6.02. The molecule has 2 unspecified atom stereocenters. The summed E-state index contributed by atoms with van der Waals surface area (Å²) in [4.78, 5) is 13.5. The molecule has 0 aromatic heterocycles. The van der Waals surface area contributed by atoms with E-state index in [2.05, 4.69) is 31.0 Å². The first-order chi connectivity index (χ1) is 7.02. The Balaban J connectivity index is 2.54. The van der Waals surface area contributed by atoms with Crippen molar-refractivity contribution in [1.29, 1.82) is 0 Å². The Bertz CT molecular complexity index is 216. The molecule has 1 rings (SSSR count). The van der Waals surface area contributed by atoms with E-state index in [1.807, 2.05) is 0 Å². The Morgan fingerprint density at radius 3 is 2.60 bits per heavy atom. The van der Waals surface area contributed by atoms with Gasteiger partial charge in [0.15, 0.2) is 0 Å². The van der Waals surface area contributed by atoms with E-state index < -0.39 is 0 Å². The van der Waals surface area contributed by atoms with E-state index in [0.29, 0.717) is 12.0 Å². The molecule has 1 heterocycles. The smallest absolute Gasteiger partial charge is 0.217 e. The summed E-state index contributed by atoms with van der Waals surface area (Å²) in [6, 6.07) is 0.351. The van der Waals surface area contributed by atoms with Gasteiger partial charge in [0, 0.05) is 26.1 Å². The van der Waals surface area contributed by atoms with Gasteiger partial charge in [-0.25, -0.2) is 0 Å². The standard InChI is InChI=1S/C12H24N2O/c1-5-14-7-11(9(2)3)6-12(8-14)13-10(4)15/h9,11-12H,5-8H2,1-4H3,(H,13,15). The van der Waals surface area contributed by atoms with E-state index in [0.717, 1.165) is 25.4 Å². The van der Waals surface area contributed by atoms with Crippen LogP contribution >= 0.6 is 0 Å². The van der Waals surface area contributed by atoms with Crippen molar-refractivity contribution in [3.63, 3.8) is 0 Å². The lowest BCUT2D eigenvalue weighted by molar-refractivity contribution is -0.120. The molecule has 1 aliphatic heterocycles. The van der Waals surface area contributed by atoms with Crippen LogP contribution in [-0.4, -0.2) is 36.5 Å². The van der Waals surface area contributed by atoms with Gasteiger partial charge in [0.2, 0.25) is 5.91 Å². The van der Waals surface area contributed by atoms with Gasteiger partial charge in [-0.05, 0) is 24.8 Å². The number of rotatable bonds is 3. The number of piperidine rings is 1. The zero-order valence-corrected chi connectivity index (χ0v) is 10.4. The van der Waals surface area contributed by atoms with Gasteiger partial charge in [-0.1, -0.05) is 20.8 Å². The second-order valence-electron chi connectivity index (χ2n) is 4.99. The molecular weight excluding hydrogens is 188 g/mol. The molecule has 0 radical (unpaired) electrons. The molecule has 0 bridgehead atoms. The molecule has 1 N–H and O–H groups in total. The van der Waals surface area contributed by atoms with Crippen molar-refractivity contribution in [1.82, 2.24) is 10.2 Å². The maximum atomic E-state index is 11.1. The summed E-state index contributed by atoms with van der Waals surface area (Å²) >= 11 is 0. The topological polar surface area (TPSA) is 32.3 Å². The predicted octanol–water partition coefficient (Wildman–Crippen LogP) is 1.49. The summed E-state index contributed by atoms with van der Waals surface area (Å²) in [5, 5.41) is 3.05. The van der Waals surface area contributed by atoms with Crippen molar-refractivity contribution in [2.45, 2.75) is 40.2 Å². The number of nitrogens with zero attached hydrogens (tertiary/aromatic N) is 1. The third-order valence-electron chi connectivity index (χ3n) is 3.36. The highest BCUT2D eigenvalue weighted by Gasteiger charge is 2.28. The van der Waals surface area contributed by atoms with E-state index in [9.17, 15) is 4.79 Å². The average molecular weight is 212 g/mol. The first kappa shape index (κ1) is 12.5. The summed E-state index contributed by atoms with van der Waals surface area (Å²) in [7, 11) is 0. The molecule has 1 aliphatic rings. The van der Waals surface area contributed by atoms with Crippen LogP contribution in [0.1, 0.15) is 34.1 Å². The molecule has 0 aromatic rings. The van der Waals surface area contributed by atoms with Crippen LogP contribution in [0.5, 0.6) is 0 Å². The number of likely N-dealkylation sites (tertiary alicyclic amines) is 1. The van der Waals surface area contributed by atoms with E-state index in [-0.39, 0.29) is 5.91 Å². The fourth-order valence-electron chi connectivity index (χ4n) is 2.37. The van der Waals surface area contributed by atoms with Gasteiger partial charge in [0.1, 0.15) is 0 Å². The molecule has 0 spiro atoms. The zero-order chi connectivity index (χ0) is 11.4. The molecule has 0 aromatic carbocycles. The van der Waals surface area contributed by atoms with Crippen molar-refractivity contribution in [3.8, 4) is 0 Å². The molecule has 3 nitrogen and oxygen atoms in total.